The van der Waals surface area contributed by atoms with Gasteiger partial charge in [0.1, 0.15) is 11.3 Å². The highest BCUT2D eigenvalue weighted by molar-refractivity contribution is 7.89. The van der Waals surface area contributed by atoms with Crippen LogP contribution in [0.25, 0.3) is 0 Å². The van der Waals surface area contributed by atoms with Gasteiger partial charge < -0.3 is 9.15 Å². The second kappa shape index (κ2) is 7.84. The van der Waals surface area contributed by atoms with Crippen LogP contribution in [0.3, 0.4) is 0 Å². The molecule has 27 heavy (non-hydrogen) atoms. The number of rotatable bonds is 5. The molecule has 0 spiro atoms. The van der Waals surface area contributed by atoms with Crippen molar-refractivity contribution in [2.45, 2.75) is 25.3 Å². The van der Waals surface area contributed by atoms with E-state index in [0.717, 1.165) is 11.1 Å². The molecule has 0 amide bonds. The smallest absolute Gasteiger partial charge is 0.341 e. The van der Waals surface area contributed by atoms with Crippen molar-refractivity contribution in [2.75, 3.05) is 33.3 Å². The third-order valence-corrected chi connectivity index (χ3v) is 6.85. The van der Waals surface area contributed by atoms with Crippen molar-refractivity contribution in [3.05, 3.63) is 53.0 Å². The molecule has 2 heterocycles. The fourth-order valence-corrected chi connectivity index (χ4v) is 4.94. The number of ether oxygens (including phenoxy) is 1. The molecule has 2 aromatic rings. The van der Waals surface area contributed by atoms with Crippen LogP contribution >= 0.6 is 0 Å². The monoisotopic (exact) mass is 392 g/mol. The van der Waals surface area contributed by atoms with Gasteiger partial charge >= 0.3 is 5.97 Å². The number of nitrogens with zero attached hydrogens (tertiary/aromatic N) is 2. The molecule has 0 N–H and O–H groups in total. The number of sulfonamides is 1. The van der Waals surface area contributed by atoms with Gasteiger partial charge in [0.25, 0.3) is 0 Å². The van der Waals surface area contributed by atoms with Crippen LogP contribution in [0.4, 0.5) is 0 Å². The summed E-state index contributed by atoms with van der Waals surface area (Å²) in [6.45, 7) is 6.05. The molecule has 1 aromatic carbocycles. The first kappa shape index (κ1) is 19.6. The lowest BCUT2D eigenvalue weighted by Crippen LogP contribution is -2.48. The van der Waals surface area contributed by atoms with E-state index in [0.29, 0.717) is 48.9 Å². The van der Waals surface area contributed by atoms with E-state index in [9.17, 15) is 13.2 Å². The van der Waals surface area contributed by atoms with Crippen molar-refractivity contribution in [1.29, 1.82) is 0 Å². The van der Waals surface area contributed by atoms with Gasteiger partial charge in [-0.25, -0.2) is 13.2 Å². The van der Waals surface area contributed by atoms with Crippen molar-refractivity contribution in [3.63, 3.8) is 0 Å². The predicted molar refractivity (Wildman–Crippen MR) is 100.0 cm³/mol. The Morgan fingerprint density at radius 1 is 1.15 bits per heavy atom. The molecule has 1 aromatic heterocycles. The number of methoxy groups -OCH3 is 1. The minimum Gasteiger partial charge on any atom is -0.467 e. The molecular formula is C19H24N2O5S. The van der Waals surface area contributed by atoms with Crippen LogP contribution in [0.15, 0.2) is 39.8 Å². The summed E-state index contributed by atoms with van der Waals surface area (Å²) in [6.07, 6.45) is 1.46. The summed E-state index contributed by atoms with van der Waals surface area (Å²) in [7, 11) is -2.19. The van der Waals surface area contributed by atoms with Gasteiger partial charge in [0, 0.05) is 26.2 Å². The Balaban J connectivity index is 1.68. The van der Waals surface area contributed by atoms with E-state index in [2.05, 4.69) is 4.90 Å². The summed E-state index contributed by atoms with van der Waals surface area (Å²) in [5.41, 5.74) is 2.08. The van der Waals surface area contributed by atoms with Crippen molar-refractivity contribution >= 4 is 16.0 Å². The van der Waals surface area contributed by atoms with E-state index in [1.54, 1.807) is 12.1 Å². The summed E-state index contributed by atoms with van der Waals surface area (Å²) in [5.74, 6) is 0.0996. The lowest BCUT2D eigenvalue weighted by molar-refractivity contribution is 0.0595. The highest BCUT2D eigenvalue weighted by Crippen LogP contribution is 2.23. The average molecular weight is 392 g/mol. The van der Waals surface area contributed by atoms with Gasteiger partial charge in [-0.05, 0) is 37.1 Å². The van der Waals surface area contributed by atoms with Crippen molar-refractivity contribution in [2.24, 2.45) is 0 Å². The van der Waals surface area contributed by atoms with Gasteiger partial charge in [-0.3, -0.25) is 4.90 Å². The number of piperazine rings is 1. The Morgan fingerprint density at radius 2 is 1.85 bits per heavy atom. The maximum Gasteiger partial charge on any atom is 0.341 e. The first-order valence-electron chi connectivity index (χ1n) is 8.77. The Labute approximate surface area is 159 Å². The molecule has 1 saturated heterocycles. The molecule has 1 aliphatic heterocycles. The number of hydrogen-bond donors (Lipinski definition) is 0. The summed E-state index contributed by atoms with van der Waals surface area (Å²) in [6, 6.07) is 7.06. The van der Waals surface area contributed by atoms with E-state index < -0.39 is 16.0 Å². The molecule has 7 nitrogen and oxygen atoms in total. The molecule has 0 radical (unpaired) electrons. The van der Waals surface area contributed by atoms with Crippen molar-refractivity contribution in [1.82, 2.24) is 9.21 Å². The van der Waals surface area contributed by atoms with Crippen molar-refractivity contribution in [3.8, 4) is 0 Å². The lowest BCUT2D eigenvalue weighted by atomic mass is 10.2. The zero-order valence-electron chi connectivity index (χ0n) is 15.8. The number of aryl methyl sites for hydroxylation is 2. The fourth-order valence-electron chi connectivity index (χ4n) is 3.21. The minimum atomic E-state index is -3.52. The second-order valence-corrected chi connectivity index (χ2v) is 8.60. The van der Waals surface area contributed by atoms with Gasteiger partial charge in [-0.15, -0.1) is 0 Å². The first-order valence-corrected chi connectivity index (χ1v) is 10.2. The van der Waals surface area contributed by atoms with E-state index in [-0.39, 0.29) is 0 Å². The zero-order chi connectivity index (χ0) is 19.6. The Kier molecular flexibility index (Phi) is 5.69. The van der Waals surface area contributed by atoms with Gasteiger partial charge in [0.15, 0.2) is 0 Å². The maximum absolute atomic E-state index is 13.0. The minimum absolute atomic E-state index is 0.370. The lowest BCUT2D eigenvalue weighted by Gasteiger charge is -2.33. The van der Waals surface area contributed by atoms with Crippen LogP contribution < -0.4 is 0 Å². The molecule has 0 aliphatic carbocycles. The van der Waals surface area contributed by atoms with Crippen LogP contribution in [0.1, 0.15) is 27.2 Å². The summed E-state index contributed by atoms with van der Waals surface area (Å²) in [4.78, 5) is 14.2. The second-order valence-electron chi connectivity index (χ2n) is 6.70. The first-order chi connectivity index (χ1) is 12.8. The maximum atomic E-state index is 13.0. The van der Waals surface area contributed by atoms with E-state index in [4.69, 9.17) is 9.15 Å². The average Bonchev–Trinajstić information content (AvgIpc) is 3.11. The Morgan fingerprint density at radius 3 is 2.52 bits per heavy atom. The fraction of sp³-hybridized carbons (Fsp3) is 0.421. The molecule has 0 bridgehead atoms. The highest BCUT2D eigenvalue weighted by Gasteiger charge is 2.30. The quantitative estimate of drug-likeness (QED) is 0.726. The Bertz CT molecular complexity index is 927. The summed E-state index contributed by atoms with van der Waals surface area (Å²) in [5, 5.41) is 0. The summed E-state index contributed by atoms with van der Waals surface area (Å²) >= 11 is 0. The van der Waals surface area contributed by atoms with E-state index in [1.165, 1.54) is 17.7 Å². The number of carbonyl (C=O) groups excluding carboxylic acids is 1. The molecule has 3 rings (SSSR count). The normalized spacial score (nSPS) is 16.4. The molecule has 1 fully saturated rings. The molecule has 146 valence electrons. The standard InChI is InChI=1S/C19H24N2O5S/c1-14-4-5-15(2)18(12-14)27(23,24)21-9-7-20(8-10-21)13-17-16(6-11-26-17)19(22)25-3/h4-6,11-12H,7-10,13H2,1-3H3. The highest BCUT2D eigenvalue weighted by atomic mass is 32.2. The van der Waals surface area contributed by atoms with Gasteiger partial charge in [-0.1, -0.05) is 12.1 Å². The number of benzene rings is 1. The predicted octanol–water partition coefficient (Wildman–Crippen LogP) is 2.19. The third-order valence-electron chi connectivity index (χ3n) is 4.81. The van der Waals surface area contributed by atoms with E-state index in [1.807, 2.05) is 26.0 Å². The third kappa shape index (κ3) is 4.07. The number of carbonyl (C=O) groups is 1. The van der Waals surface area contributed by atoms with Crippen LogP contribution in [0.2, 0.25) is 0 Å². The molecule has 1 aliphatic rings. The Hall–Kier alpha value is -2.16. The number of hydrogen-bond acceptors (Lipinski definition) is 6. The summed E-state index contributed by atoms with van der Waals surface area (Å²) < 4.78 is 37.7. The van der Waals surface area contributed by atoms with Gasteiger partial charge in [0.2, 0.25) is 10.0 Å². The molecule has 8 heteroatoms. The van der Waals surface area contributed by atoms with Crippen molar-refractivity contribution < 1.29 is 22.4 Å². The van der Waals surface area contributed by atoms with Crippen LogP contribution in [0.5, 0.6) is 0 Å². The number of furan rings is 1. The number of esters is 1. The van der Waals surface area contributed by atoms with Gasteiger partial charge in [-0.2, -0.15) is 4.31 Å². The van der Waals surface area contributed by atoms with Gasteiger partial charge in [0.05, 0.1) is 24.8 Å². The van der Waals surface area contributed by atoms with E-state index >= 15 is 0 Å². The van der Waals surface area contributed by atoms with Crippen LogP contribution in [-0.2, 0) is 21.3 Å². The molecule has 0 atom stereocenters. The largest absolute Gasteiger partial charge is 0.467 e. The SMILES string of the molecule is COC(=O)c1ccoc1CN1CCN(S(=O)(=O)c2cc(C)ccc2C)CC1. The van der Waals surface area contributed by atoms with Crippen LogP contribution in [-0.4, -0.2) is 56.9 Å². The van der Waals surface area contributed by atoms with Crippen LogP contribution in [0, 0.1) is 13.8 Å². The zero-order valence-corrected chi connectivity index (χ0v) is 16.6. The molecule has 0 saturated carbocycles. The molecule has 0 unspecified atom stereocenters. The topological polar surface area (TPSA) is 80.1 Å². The molecular weight excluding hydrogens is 368 g/mol.